The van der Waals surface area contributed by atoms with Crippen molar-refractivity contribution in [1.82, 2.24) is 13.7 Å². The van der Waals surface area contributed by atoms with Crippen LogP contribution in [0.2, 0.25) is 0 Å². The van der Waals surface area contributed by atoms with Crippen LogP contribution in [0.15, 0.2) is 176 Å². The minimum atomic E-state index is 0.231. The Kier molecular flexibility index (Phi) is 7.90. The Morgan fingerprint density at radius 3 is 1.77 bits per heavy atom. The Morgan fingerprint density at radius 2 is 1.05 bits per heavy atom. The van der Waals surface area contributed by atoms with E-state index in [1.165, 1.54) is 4.70 Å². The molecule has 0 aliphatic carbocycles. The van der Waals surface area contributed by atoms with E-state index in [-0.39, 0.29) is 11.1 Å². The molecule has 7 nitrogen and oxygen atoms in total. The number of nitriles is 4. The topological polar surface area (TPSA) is 110 Å². The minimum absolute atomic E-state index is 0.231. The van der Waals surface area contributed by atoms with Crippen LogP contribution in [0, 0.1) is 45.3 Å². The van der Waals surface area contributed by atoms with Crippen molar-refractivity contribution in [3.63, 3.8) is 0 Å². The number of aromatic nitrogens is 3. The molecule has 9 aromatic carbocycles. The van der Waals surface area contributed by atoms with E-state index in [2.05, 4.69) is 137 Å². The van der Waals surface area contributed by atoms with Gasteiger partial charge in [0.2, 0.25) is 0 Å². The van der Waals surface area contributed by atoms with Crippen LogP contribution in [0.5, 0.6) is 0 Å². The maximum atomic E-state index is 11.6. The summed E-state index contributed by atoms with van der Waals surface area (Å²) in [6.07, 6.45) is 0. The lowest BCUT2D eigenvalue weighted by Gasteiger charge is -2.20. The van der Waals surface area contributed by atoms with Crippen molar-refractivity contribution in [2.75, 3.05) is 0 Å². The summed E-state index contributed by atoms with van der Waals surface area (Å²) < 4.78 is 8.83. The average Bonchev–Trinajstić information content (AvgIpc) is 4.11. The van der Waals surface area contributed by atoms with Gasteiger partial charge in [-0.3, -0.25) is 0 Å². The number of benzene rings is 9. The van der Waals surface area contributed by atoms with Crippen molar-refractivity contribution >= 4 is 96.9 Å². The standard InChI is InChI=1S/C58H29N7S/c59-30-34-26-36(32-61)55(52(27-34)64-48-19-9-5-15-39(48)44-29-54-45(28-51(44)64)40-16-7-11-21-53(40)66-54)41-23-22-35(31-60)57(46(41)33-62)65-49-20-10-6-17-43(49)56-50(65)25-24-42-38-14-4-8-18-47(38)63(58(42)56)37-12-2-1-3-13-37/h1-29H. The van der Waals surface area contributed by atoms with Crippen molar-refractivity contribution in [1.29, 1.82) is 21.0 Å². The second-order valence-electron chi connectivity index (χ2n) is 16.5. The Hall–Kier alpha value is -9.44. The fourth-order valence-corrected chi connectivity index (χ4v) is 11.6. The van der Waals surface area contributed by atoms with Crippen molar-refractivity contribution in [2.45, 2.75) is 0 Å². The SMILES string of the molecule is N#Cc1cc(C#N)c(-c2ccc(C#N)c(-n3c4ccccc4c4c3ccc3c5ccccc5n(-c5ccccc5)c34)c2C#N)c(-n2c3ccccc3c3cc4sc5ccccc5c4cc32)c1. The summed E-state index contributed by atoms with van der Waals surface area (Å²) >= 11 is 1.75. The number of hydrogen-bond donors (Lipinski definition) is 0. The maximum absolute atomic E-state index is 11.6. The van der Waals surface area contributed by atoms with Gasteiger partial charge in [0.1, 0.15) is 12.1 Å². The lowest BCUT2D eigenvalue weighted by Crippen LogP contribution is -2.06. The third-order valence-corrected chi connectivity index (χ3v) is 14.3. The molecule has 0 unspecified atom stereocenters. The summed E-state index contributed by atoms with van der Waals surface area (Å²) in [6.45, 7) is 0. The average molecular weight is 856 g/mol. The number of hydrogen-bond acceptors (Lipinski definition) is 5. The summed E-state index contributed by atoms with van der Waals surface area (Å²) in [5, 5.41) is 52.6. The molecule has 13 rings (SSSR count). The molecule has 0 N–H and O–H groups in total. The Bertz CT molecular complexity index is 4460. The first-order valence-corrected chi connectivity index (χ1v) is 22.2. The third-order valence-electron chi connectivity index (χ3n) is 13.2. The normalized spacial score (nSPS) is 11.6. The highest BCUT2D eigenvalue weighted by atomic mass is 32.1. The maximum Gasteiger partial charge on any atom is 0.102 e. The second-order valence-corrected chi connectivity index (χ2v) is 17.5. The van der Waals surface area contributed by atoms with Crippen molar-refractivity contribution < 1.29 is 0 Å². The van der Waals surface area contributed by atoms with Gasteiger partial charge in [-0.15, -0.1) is 11.3 Å². The fourth-order valence-electron chi connectivity index (χ4n) is 10.5. The molecule has 4 aromatic heterocycles. The minimum Gasteiger partial charge on any atom is -0.309 e. The zero-order valence-corrected chi connectivity index (χ0v) is 35.6. The predicted molar refractivity (Wildman–Crippen MR) is 267 cm³/mol. The van der Waals surface area contributed by atoms with Gasteiger partial charge in [0.05, 0.1) is 78.9 Å². The van der Waals surface area contributed by atoms with Gasteiger partial charge in [-0.05, 0) is 72.8 Å². The molecule has 0 atom stereocenters. The van der Waals surface area contributed by atoms with Crippen LogP contribution in [-0.2, 0) is 0 Å². The van der Waals surface area contributed by atoms with E-state index in [4.69, 9.17) is 0 Å². The van der Waals surface area contributed by atoms with E-state index in [1.54, 1.807) is 29.5 Å². The van der Waals surface area contributed by atoms with Gasteiger partial charge in [-0.2, -0.15) is 21.0 Å². The van der Waals surface area contributed by atoms with Gasteiger partial charge in [-0.1, -0.05) is 103 Å². The van der Waals surface area contributed by atoms with Crippen molar-refractivity contribution in [3.8, 4) is 52.5 Å². The fraction of sp³-hybridized carbons (Fsp3) is 0. The molecule has 0 amide bonds. The third kappa shape index (κ3) is 5.02. The molecule has 0 radical (unpaired) electrons. The largest absolute Gasteiger partial charge is 0.309 e. The Morgan fingerprint density at radius 1 is 0.394 bits per heavy atom. The van der Waals surface area contributed by atoms with E-state index in [9.17, 15) is 21.0 Å². The van der Waals surface area contributed by atoms with E-state index in [1.807, 2.05) is 59.2 Å². The Labute approximate surface area is 380 Å². The summed E-state index contributed by atoms with van der Waals surface area (Å²) in [5.41, 5.74) is 9.58. The molecule has 0 saturated heterocycles. The van der Waals surface area contributed by atoms with Crippen LogP contribution < -0.4 is 0 Å². The second kappa shape index (κ2) is 14.0. The van der Waals surface area contributed by atoms with Crippen molar-refractivity contribution in [2.24, 2.45) is 0 Å². The number of thiophene rings is 1. The highest BCUT2D eigenvalue weighted by molar-refractivity contribution is 7.25. The van der Waals surface area contributed by atoms with Crippen LogP contribution >= 0.6 is 11.3 Å². The van der Waals surface area contributed by atoms with Gasteiger partial charge in [0.15, 0.2) is 0 Å². The van der Waals surface area contributed by atoms with Crippen LogP contribution in [0.3, 0.4) is 0 Å². The quantitative estimate of drug-likeness (QED) is 0.175. The molecule has 8 heteroatoms. The monoisotopic (exact) mass is 855 g/mol. The van der Waals surface area contributed by atoms with Gasteiger partial charge in [0, 0.05) is 69.3 Å². The highest BCUT2D eigenvalue weighted by Crippen LogP contribution is 2.47. The molecule has 0 bridgehead atoms. The van der Waals surface area contributed by atoms with Gasteiger partial charge in [0.25, 0.3) is 0 Å². The molecule has 4 heterocycles. The van der Waals surface area contributed by atoms with Gasteiger partial charge >= 0.3 is 0 Å². The van der Waals surface area contributed by atoms with E-state index in [0.717, 1.165) is 86.6 Å². The van der Waals surface area contributed by atoms with Crippen LogP contribution in [0.1, 0.15) is 22.3 Å². The smallest absolute Gasteiger partial charge is 0.102 e. The lowest BCUT2D eigenvalue weighted by atomic mass is 9.90. The Balaban J connectivity index is 1.16. The summed E-state index contributed by atoms with van der Waals surface area (Å²) in [5.74, 6) is 0. The van der Waals surface area contributed by atoms with Gasteiger partial charge < -0.3 is 13.7 Å². The number of fused-ring (bicyclic) bond motifs is 13. The molecule has 0 spiro atoms. The first-order valence-electron chi connectivity index (χ1n) is 21.4. The molecule has 302 valence electrons. The highest BCUT2D eigenvalue weighted by Gasteiger charge is 2.28. The molecule has 0 aliphatic heterocycles. The zero-order valence-electron chi connectivity index (χ0n) is 34.8. The molecule has 0 aliphatic rings. The predicted octanol–water partition coefficient (Wildman–Crippen LogP) is 14.5. The van der Waals surface area contributed by atoms with Crippen LogP contribution in [0.25, 0.3) is 114 Å². The number of nitrogens with zero attached hydrogens (tertiary/aromatic N) is 7. The summed E-state index contributed by atoms with van der Waals surface area (Å²) in [4.78, 5) is 0. The lowest BCUT2D eigenvalue weighted by molar-refractivity contribution is 1.15. The first-order chi connectivity index (χ1) is 32.6. The molecule has 66 heavy (non-hydrogen) atoms. The van der Waals surface area contributed by atoms with Crippen molar-refractivity contribution in [3.05, 3.63) is 198 Å². The number of rotatable bonds is 4. The molecular weight excluding hydrogens is 827 g/mol. The molecular formula is C58H29N7S. The summed E-state index contributed by atoms with van der Waals surface area (Å²) in [6, 6.07) is 68.8. The summed E-state index contributed by atoms with van der Waals surface area (Å²) in [7, 11) is 0. The van der Waals surface area contributed by atoms with E-state index < -0.39 is 0 Å². The number of para-hydroxylation sites is 4. The molecule has 13 aromatic rings. The first kappa shape index (κ1) is 37.1. The zero-order chi connectivity index (χ0) is 44.2. The van der Waals surface area contributed by atoms with E-state index >= 15 is 0 Å². The van der Waals surface area contributed by atoms with Crippen LogP contribution in [0.4, 0.5) is 0 Å². The van der Waals surface area contributed by atoms with Gasteiger partial charge in [-0.25, -0.2) is 0 Å². The molecule has 0 fully saturated rings. The van der Waals surface area contributed by atoms with E-state index in [0.29, 0.717) is 33.6 Å². The van der Waals surface area contributed by atoms with Crippen LogP contribution in [-0.4, -0.2) is 13.7 Å². The molecule has 0 saturated carbocycles.